The molecular weight excluding hydrogens is 410 g/mol. The molecule has 0 unspecified atom stereocenters. The van der Waals surface area contributed by atoms with E-state index in [1.165, 1.54) is 18.2 Å². The Hall–Kier alpha value is -4.46. The molecule has 1 N–H and O–H groups in total. The van der Waals surface area contributed by atoms with Crippen LogP contribution in [0.2, 0.25) is 0 Å². The summed E-state index contributed by atoms with van der Waals surface area (Å²) in [6.45, 7) is 2.05. The lowest BCUT2D eigenvalue weighted by Crippen LogP contribution is -2.35. The van der Waals surface area contributed by atoms with Gasteiger partial charge in [-0.15, -0.1) is 0 Å². The molecule has 0 aromatic heterocycles. The van der Waals surface area contributed by atoms with Gasteiger partial charge in [0, 0.05) is 11.6 Å². The summed E-state index contributed by atoms with van der Waals surface area (Å²) in [5, 5.41) is 12.7. The largest absolute Gasteiger partial charge is 0.482 e. The number of para-hydroxylation sites is 2. The number of amides is 2. The van der Waals surface area contributed by atoms with Crippen molar-refractivity contribution in [3.05, 3.63) is 105 Å². The molecule has 1 saturated heterocycles. The van der Waals surface area contributed by atoms with Gasteiger partial charge >= 0.3 is 5.69 Å². The number of carbonyl (C=O) groups excluding carboxylic acids is 2. The molecule has 32 heavy (non-hydrogen) atoms. The van der Waals surface area contributed by atoms with Gasteiger partial charge in [-0.3, -0.25) is 25.1 Å². The van der Waals surface area contributed by atoms with E-state index in [-0.39, 0.29) is 29.2 Å². The van der Waals surface area contributed by atoms with E-state index in [2.05, 4.69) is 5.43 Å². The van der Waals surface area contributed by atoms with E-state index in [1.807, 2.05) is 31.2 Å². The lowest BCUT2D eigenvalue weighted by Gasteiger charge is -2.14. The highest BCUT2D eigenvalue weighted by Gasteiger charge is 2.35. The highest BCUT2D eigenvalue weighted by molar-refractivity contribution is 6.31. The summed E-state index contributed by atoms with van der Waals surface area (Å²) >= 11 is 0. The fraction of sp³-hybridized carbons (Fsp3) is 0.0833. The molecule has 2 amide bonds. The lowest BCUT2D eigenvalue weighted by molar-refractivity contribution is -0.386. The Kier molecular flexibility index (Phi) is 5.67. The lowest BCUT2D eigenvalue weighted by atomic mass is 10.1. The Balaban J connectivity index is 1.68. The minimum Gasteiger partial charge on any atom is -0.482 e. The second-order valence-corrected chi connectivity index (χ2v) is 7.20. The van der Waals surface area contributed by atoms with Crippen molar-refractivity contribution in [2.24, 2.45) is 0 Å². The summed E-state index contributed by atoms with van der Waals surface area (Å²) < 4.78 is 5.80. The first-order valence-electron chi connectivity index (χ1n) is 9.82. The zero-order valence-corrected chi connectivity index (χ0v) is 17.1. The highest BCUT2D eigenvalue weighted by atomic mass is 16.6. The molecule has 160 valence electrons. The Morgan fingerprint density at radius 1 is 1.00 bits per heavy atom. The van der Waals surface area contributed by atoms with Crippen molar-refractivity contribution >= 4 is 29.3 Å². The zero-order chi connectivity index (χ0) is 22.7. The number of aryl methyl sites for hydroxylation is 1. The Morgan fingerprint density at radius 2 is 1.72 bits per heavy atom. The van der Waals surface area contributed by atoms with Gasteiger partial charge in [-0.25, -0.2) is 5.01 Å². The molecular formula is C24H19N3O5. The van der Waals surface area contributed by atoms with Crippen LogP contribution in [0.25, 0.3) is 6.08 Å². The minimum atomic E-state index is -0.602. The van der Waals surface area contributed by atoms with Crippen LogP contribution in [0.4, 0.5) is 11.4 Å². The quantitative estimate of drug-likeness (QED) is 0.277. The molecule has 8 heteroatoms. The van der Waals surface area contributed by atoms with Gasteiger partial charge in [0.05, 0.1) is 10.6 Å². The summed E-state index contributed by atoms with van der Waals surface area (Å²) in [7, 11) is 0. The number of anilines is 1. The van der Waals surface area contributed by atoms with Crippen molar-refractivity contribution in [2.45, 2.75) is 13.5 Å². The number of hydrazine groups is 1. The van der Waals surface area contributed by atoms with Gasteiger partial charge in [0.1, 0.15) is 12.2 Å². The summed E-state index contributed by atoms with van der Waals surface area (Å²) in [4.78, 5) is 36.4. The first-order valence-corrected chi connectivity index (χ1v) is 9.82. The molecule has 0 saturated carbocycles. The standard InChI is InChI=1S/C24H19N3O5/c1-16-10-12-17(13-11-16)15-32-22-18(6-5-9-21(22)27(30)31)14-20-23(28)25-26(24(20)29)19-7-3-2-4-8-19/h2-14H,15H2,1H3,(H,25,28)/b20-14-. The van der Waals surface area contributed by atoms with Crippen LogP contribution in [0.15, 0.2) is 78.4 Å². The van der Waals surface area contributed by atoms with Crippen molar-refractivity contribution in [3.8, 4) is 5.75 Å². The molecule has 0 radical (unpaired) electrons. The molecule has 1 fully saturated rings. The SMILES string of the molecule is Cc1ccc(COc2c(/C=C3/C(=O)NN(c4ccccc4)C3=O)cccc2[N+](=O)[O-])cc1. The number of hydrogen-bond donors (Lipinski definition) is 1. The van der Waals surface area contributed by atoms with E-state index in [1.54, 1.807) is 36.4 Å². The van der Waals surface area contributed by atoms with Crippen LogP contribution in [0.3, 0.4) is 0 Å². The van der Waals surface area contributed by atoms with E-state index in [4.69, 9.17) is 4.74 Å². The Morgan fingerprint density at radius 3 is 2.41 bits per heavy atom. The van der Waals surface area contributed by atoms with E-state index >= 15 is 0 Å². The minimum absolute atomic E-state index is 0.00987. The molecule has 4 rings (SSSR count). The number of nitrogens with zero attached hydrogens (tertiary/aromatic N) is 2. The molecule has 1 aliphatic rings. The third-order valence-electron chi connectivity index (χ3n) is 4.93. The van der Waals surface area contributed by atoms with Gasteiger partial charge in [0.2, 0.25) is 5.75 Å². The number of carbonyl (C=O) groups is 2. The predicted octanol–water partition coefficient (Wildman–Crippen LogP) is 3.94. The van der Waals surface area contributed by atoms with Gasteiger partial charge in [0.15, 0.2) is 0 Å². The number of rotatable bonds is 6. The van der Waals surface area contributed by atoms with Crippen molar-refractivity contribution in [1.82, 2.24) is 5.43 Å². The van der Waals surface area contributed by atoms with Gasteiger partial charge in [-0.2, -0.15) is 0 Å². The van der Waals surface area contributed by atoms with Crippen LogP contribution in [0.5, 0.6) is 5.75 Å². The highest BCUT2D eigenvalue weighted by Crippen LogP contribution is 2.34. The summed E-state index contributed by atoms with van der Waals surface area (Å²) in [6, 6.07) is 20.6. The first kappa shape index (κ1) is 20.8. The van der Waals surface area contributed by atoms with Crippen molar-refractivity contribution in [2.75, 3.05) is 5.01 Å². The van der Waals surface area contributed by atoms with Crippen molar-refractivity contribution in [1.29, 1.82) is 0 Å². The van der Waals surface area contributed by atoms with E-state index in [9.17, 15) is 19.7 Å². The molecule has 1 aliphatic heterocycles. The van der Waals surface area contributed by atoms with E-state index in [0.717, 1.165) is 16.1 Å². The number of benzene rings is 3. The molecule has 0 aliphatic carbocycles. The molecule has 8 nitrogen and oxygen atoms in total. The van der Waals surface area contributed by atoms with Crippen LogP contribution < -0.4 is 15.2 Å². The predicted molar refractivity (Wildman–Crippen MR) is 119 cm³/mol. The summed E-state index contributed by atoms with van der Waals surface area (Å²) in [5.41, 5.74) is 4.80. The Labute approximate surface area is 183 Å². The molecule has 3 aromatic rings. The van der Waals surface area contributed by atoms with E-state index < -0.39 is 16.7 Å². The average Bonchev–Trinajstić information content (AvgIpc) is 3.08. The molecule has 3 aromatic carbocycles. The number of nitro groups is 1. The summed E-state index contributed by atoms with van der Waals surface area (Å²) in [6.07, 6.45) is 1.32. The second-order valence-electron chi connectivity index (χ2n) is 7.20. The smallest absolute Gasteiger partial charge is 0.311 e. The third kappa shape index (κ3) is 4.20. The number of nitro benzene ring substituents is 1. The molecule has 0 bridgehead atoms. The Bertz CT molecular complexity index is 1220. The molecule has 0 spiro atoms. The monoisotopic (exact) mass is 429 g/mol. The zero-order valence-electron chi connectivity index (χ0n) is 17.1. The number of hydrogen-bond acceptors (Lipinski definition) is 5. The van der Waals surface area contributed by atoms with Crippen molar-refractivity contribution in [3.63, 3.8) is 0 Å². The number of ether oxygens (including phenoxy) is 1. The average molecular weight is 429 g/mol. The fourth-order valence-corrected chi connectivity index (χ4v) is 3.27. The first-order chi connectivity index (χ1) is 15.4. The van der Waals surface area contributed by atoms with Gasteiger partial charge in [-0.1, -0.05) is 60.2 Å². The maximum absolute atomic E-state index is 12.9. The maximum Gasteiger partial charge on any atom is 0.311 e. The van der Waals surface area contributed by atoms with Crippen LogP contribution in [0, 0.1) is 17.0 Å². The van der Waals surface area contributed by atoms with Gasteiger partial charge < -0.3 is 4.74 Å². The van der Waals surface area contributed by atoms with E-state index in [0.29, 0.717) is 5.69 Å². The number of nitrogens with one attached hydrogen (secondary N) is 1. The molecule has 1 heterocycles. The van der Waals surface area contributed by atoms with Crippen LogP contribution >= 0.6 is 0 Å². The van der Waals surface area contributed by atoms with Crippen LogP contribution in [-0.2, 0) is 16.2 Å². The topological polar surface area (TPSA) is 102 Å². The van der Waals surface area contributed by atoms with Crippen LogP contribution in [0.1, 0.15) is 16.7 Å². The second kappa shape index (κ2) is 8.73. The normalized spacial score (nSPS) is 14.5. The maximum atomic E-state index is 12.9. The van der Waals surface area contributed by atoms with Gasteiger partial charge in [-0.05, 0) is 30.7 Å². The fourth-order valence-electron chi connectivity index (χ4n) is 3.27. The third-order valence-corrected chi connectivity index (χ3v) is 4.93. The summed E-state index contributed by atoms with van der Waals surface area (Å²) in [5.74, 6) is -1.17. The van der Waals surface area contributed by atoms with Crippen molar-refractivity contribution < 1.29 is 19.2 Å². The molecule has 0 atom stereocenters. The van der Waals surface area contributed by atoms with Crippen LogP contribution in [-0.4, -0.2) is 16.7 Å². The van der Waals surface area contributed by atoms with Gasteiger partial charge in [0.25, 0.3) is 11.8 Å².